The number of rotatable bonds is 4. The summed E-state index contributed by atoms with van der Waals surface area (Å²) in [5, 5.41) is 0. The molecule has 4 nitrogen and oxygen atoms in total. The fourth-order valence-electron chi connectivity index (χ4n) is 2.82. The van der Waals surface area contributed by atoms with Gasteiger partial charge in [-0.3, -0.25) is 4.90 Å². The molecule has 2 aliphatic rings. The molecule has 0 bridgehead atoms. The predicted octanol–water partition coefficient (Wildman–Crippen LogP) is 1.97. The van der Waals surface area contributed by atoms with Crippen LogP contribution < -0.4 is 4.90 Å². The molecule has 0 radical (unpaired) electrons. The van der Waals surface area contributed by atoms with Crippen molar-refractivity contribution in [3.63, 3.8) is 0 Å². The lowest BCUT2D eigenvalue weighted by Gasteiger charge is -2.36. The van der Waals surface area contributed by atoms with Gasteiger partial charge < -0.3 is 4.90 Å². The van der Waals surface area contributed by atoms with Gasteiger partial charge in [0.25, 0.3) is 0 Å². The molecule has 1 heterocycles. The summed E-state index contributed by atoms with van der Waals surface area (Å²) in [4.78, 5) is 4.02. The number of hydrogen-bond donors (Lipinski definition) is 0. The molecule has 2 fully saturated rings. The summed E-state index contributed by atoms with van der Waals surface area (Å²) in [7, 11) is -4.56. The third kappa shape index (κ3) is 2.89. The monoisotopic (exact) mass is 316 g/mol. The molecule has 0 atom stereocenters. The zero-order valence-electron chi connectivity index (χ0n) is 11.6. The summed E-state index contributed by atoms with van der Waals surface area (Å²) in [6.45, 7) is 3.06. The van der Waals surface area contributed by atoms with Crippen LogP contribution >= 0.6 is 0 Å². The number of hydrogen-bond acceptors (Lipinski definition) is 4. The van der Waals surface area contributed by atoms with E-state index in [0.717, 1.165) is 13.1 Å². The van der Waals surface area contributed by atoms with Crippen molar-refractivity contribution < 1.29 is 17.2 Å². The van der Waals surface area contributed by atoms with Crippen molar-refractivity contribution >= 4 is 15.5 Å². The van der Waals surface area contributed by atoms with Gasteiger partial charge in [0.05, 0.1) is 10.6 Å². The Morgan fingerprint density at radius 1 is 1.05 bits per heavy atom. The Kier molecular flexibility index (Phi) is 3.88. The van der Waals surface area contributed by atoms with Gasteiger partial charge in [0.2, 0.25) is 9.84 Å². The van der Waals surface area contributed by atoms with Gasteiger partial charge in [0.15, 0.2) is 0 Å². The third-order valence-electron chi connectivity index (χ3n) is 4.12. The number of alkyl halides is 2. The Hall–Kier alpha value is -1.21. The van der Waals surface area contributed by atoms with Crippen LogP contribution in [0.2, 0.25) is 0 Å². The quantitative estimate of drug-likeness (QED) is 0.851. The van der Waals surface area contributed by atoms with Crippen LogP contribution in [0.4, 0.5) is 14.5 Å². The van der Waals surface area contributed by atoms with Gasteiger partial charge in [-0.2, -0.15) is 8.78 Å². The maximum Gasteiger partial charge on any atom is 0.341 e. The third-order valence-corrected chi connectivity index (χ3v) is 5.55. The van der Waals surface area contributed by atoms with Crippen LogP contribution in [0.25, 0.3) is 0 Å². The van der Waals surface area contributed by atoms with Crippen molar-refractivity contribution in [3.8, 4) is 0 Å². The minimum Gasteiger partial charge on any atom is -0.368 e. The van der Waals surface area contributed by atoms with E-state index in [1.54, 1.807) is 12.1 Å². The molecule has 1 aliphatic carbocycles. The van der Waals surface area contributed by atoms with Gasteiger partial charge in [-0.25, -0.2) is 8.42 Å². The zero-order valence-corrected chi connectivity index (χ0v) is 12.4. The Morgan fingerprint density at radius 3 is 2.24 bits per heavy atom. The predicted molar refractivity (Wildman–Crippen MR) is 76.4 cm³/mol. The summed E-state index contributed by atoms with van der Waals surface area (Å²) in [6, 6.07) is 6.73. The molecule has 1 aliphatic heterocycles. The van der Waals surface area contributed by atoms with Crippen LogP contribution in [0.1, 0.15) is 12.8 Å². The van der Waals surface area contributed by atoms with Crippen molar-refractivity contribution in [3.05, 3.63) is 24.3 Å². The smallest absolute Gasteiger partial charge is 0.341 e. The minimum atomic E-state index is -4.56. The number of anilines is 1. The molecule has 0 spiro atoms. The van der Waals surface area contributed by atoms with E-state index < -0.39 is 15.6 Å². The maximum absolute atomic E-state index is 12.8. The fraction of sp³-hybridized carbons (Fsp3) is 0.571. The van der Waals surface area contributed by atoms with Crippen LogP contribution in [0.3, 0.4) is 0 Å². The summed E-state index contributed by atoms with van der Waals surface area (Å²) in [5.74, 6) is -3.38. The van der Waals surface area contributed by atoms with Crippen LogP contribution in [-0.2, 0) is 9.84 Å². The molecule has 0 N–H and O–H groups in total. The summed E-state index contributed by atoms with van der Waals surface area (Å²) in [5.41, 5.74) is 0.397. The molecular formula is C14H18F2N2O2S. The minimum absolute atomic E-state index is 0.264. The van der Waals surface area contributed by atoms with Crippen LogP contribution in [0.5, 0.6) is 0 Å². The second-order valence-corrected chi connectivity index (χ2v) is 7.41. The molecule has 1 aromatic rings. The Balaban J connectivity index is 1.83. The topological polar surface area (TPSA) is 40.6 Å². The lowest BCUT2D eigenvalue weighted by molar-refractivity contribution is 0.234. The van der Waals surface area contributed by atoms with Crippen LogP contribution in [0, 0.1) is 0 Å². The average Bonchev–Trinajstić information content (AvgIpc) is 3.32. The lowest BCUT2D eigenvalue weighted by Crippen LogP contribution is -2.47. The number of halogens is 2. The van der Waals surface area contributed by atoms with Crippen molar-refractivity contribution in [1.82, 2.24) is 4.90 Å². The lowest BCUT2D eigenvalue weighted by atomic mass is 10.2. The molecule has 21 heavy (non-hydrogen) atoms. The summed E-state index contributed by atoms with van der Waals surface area (Å²) in [6.07, 6.45) is 2.46. The van der Waals surface area contributed by atoms with Gasteiger partial charge in [0, 0.05) is 32.2 Å². The molecule has 1 saturated heterocycles. The first-order valence-corrected chi connectivity index (χ1v) is 8.65. The largest absolute Gasteiger partial charge is 0.368 e. The van der Waals surface area contributed by atoms with E-state index in [2.05, 4.69) is 4.90 Å². The molecule has 3 rings (SSSR count). The fourth-order valence-corrected chi connectivity index (χ4v) is 3.77. The average molecular weight is 316 g/mol. The number of sulfone groups is 1. The Labute approximate surface area is 123 Å². The van der Waals surface area contributed by atoms with E-state index in [1.807, 2.05) is 4.90 Å². The van der Waals surface area contributed by atoms with E-state index in [0.29, 0.717) is 24.8 Å². The highest BCUT2D eigenvalue weighted by atomic mass is 32.2. The first-order chi connectivity index (χ1) is 10.00. The van der Waals surface area contributed by atoms with E-state index in [-0.39, 0.29) is 4.90 Å². The van der Waals surface area contributed by atoms with Gasteiger partial charge in [-0.1, -0.05) is 12.1 Å². The number of nitrogens with zero attached hydrogens (tertiary/aromatic N) is 2. The Bertz CT molecular complexity index is 609. The second-order valence-electron chi connectivity index (χ2n) is 5.53. The molecule has 0 aromatic heterocycles. The molecule has 1 saturated carbocycles. The molecular weight excluding hydrogens is 298 g/mol. The summed E-state index contributed by atoms with van der Waals surface area (Å²) >= 11 is 0. The van der Waals surface area contributed by atoms with E-state index in [4.69, 9.17) is 0 Å². The first kappa shape index (κ1) is 14.7. The van der Waals surface area contributed by atoms with Gasteiger partial charge in [-0.05, 0) is 25.0 Å². The van der Waals surface area contributed by atoms with Crippen molar-refractivity contribution in [2.45, 2.75) is 29.5 Å². The maximum atomic E-state index is 12.8. The first-order valence-electron chi connectivity index (χ1n) is 7.10. The molecule has 116 valence electrons. The highest BCUT2D eigenvalue weighted by Gasteiger charge is 2.34. The number of benzene rings is 1. The van der Waals surface area contributed by atoms with Crippen molar-refractivity contribution in [2.24, 2.45) is 0 Å². The van der Waals surface area contributed by atoms with E-state index in [1.165, 1.54) is 25.0 Å². The summed E-state index contributed by atoms with van der Waals surface area (Å²) < 4.78 is 49.2. The van der Waals surface area contributed by atoms with E-state index in [9.17, 15) is 17.2 Å². The standard InChI is InChI=1S/C14H18F2N2O2S/c15-14(16)21(19,20)13-4-2-1-3-12(13)18-9-7-17(8-10-18)11-5-6-11/h1-4,11,14H,5-10H2. The Morgan fingerprint density at radius 2 is 1.67 bits per heavy atom. The van der Waals surface area contributed by atoms with Crippen LogP contribution in [0.15, 0.2) is 29.2 Å². The van der Waals surface area contributed by atoms with Crippen molar-refractivity contribution in [2.75, 3.05) is 31.1 Å². The second kappa shape index (κ2) is 5.53. The van der Waals surface area contributed by atoms with Gasteiger partial charge in [0.1, 0.15) is 0 Å². The molecule has 7 heteroatoms. The van der Waals surface area contributed by atoms with Crippen LogP contribution in [-0.4, -0.2) is 51.3 Å². The zero-order chi connectivity index (χ0) is 15.0. The molecule has 1 aromatic carbocycles. The van der Waals surface area contributed by atoms with Gasteiger partial charge in [-0.15, -0.1) is 0 Å². The van der Waals surface area contributed by atoms with Gasteiger partial charge >= 0.3 is 5.76 Å². The highest BCUT2D eigenvalue weighted by Crippen LogP contribution is 2.32. The number of para-hydroxylation sites is 1. The normalized spacial score (nSPS) is 21.0. The van der Waals surface area contributed by atoms with Crippen molar-refractivity contribution in [1.29, 1.82) is 0 Å². The SMILES string of the molecule is O=S(=O)(c1ccccc1N1CCN(C2CC2)CC1)C(F)F. The number of piperazine rings is 1. The van der Waals surface area contributed by atoms with E-state index >= 15 is 0 Å². The molecule has 0 amide bonds. The highest BCUT2D eigenvalue weighted by molar-refractivity contribution is 7.91. The molecule has 0 unspecified atom stereocenters.